The normalized spacial score (nSPS) is 15.0. The van der Waals surface area contributed by atoms with Crippen LogP contribution in [0.5, 0.6) is 0 Å². The molecular weight excluding hydrogens is 408 g/mol. The predicted molar refractivity (Wildman–Crippen MR) is 118 cm³/mol. The lowest BCUT2D eigenvalue weighted by Crippen LogP contribution is -2.45. The Balaban J connectivity index is 1.23. The van der Waals surface area contributed by atoms with Crippen molar-refractivity contribution >= 4 is 17.2 Å². The minimum Gasteiger partial charge on any atom is -0.389 e. The number of pyridine rings is 2. The van der Waals surface area contributed by atoms with Crippen LogP contribution in [0, 0.1) is 0 Å². The third kappa shape index (κ3) is 4.12. The first kappa shape index (κ1) is 20.3. The first-order valence-electron chi connectivity index (χ1n) is 10.7. The Morgan fingerprint density at radius 1 is 1.09 bits per heavy atom. The highest BCUT2D eigenvalue weighted by Gasteiger charge is 2.33. The quantitative estimate of drug-likeness (QED) is 0.406. The number of hydrogen-bond donors (Lipinski definition) is 3. The number of aromatic nitrogens is 4. The van der Waals surface area contributed by atoms with Crippen LogP contribution in [0.4, 0.5) is 0 Å². The average Bonchev–Trinajstić information content (AvgIpc) is 3.18. The van der Waals surface area contributed by atoms with Crippen LogP contribution in [0.3, 0.4) is 0 Å². The molecule has 9 nitrogen and oxygen atoms in total. The van der Waals surface area contributed by atoms with Gasteiger partial charge in [0.25, 0.3) is 11.5 Å². The number of nitrogens with zero attached hydrogens (tertiary/aromatic N) is 4. The van der Waals surface area contributed by atoms with Gasteiger partial charge in [-0.3, -0.25) is 14.0 Å². The summed E-state index contributed by atoms with van der Waals surface area (Å²) in [4.78, 5) is 33.5. The summed E-state index contributed by atoms with van der Waals surface area (Å²) in [6.45, 7) is 1.47. The second kappa shape index (κ2) is 8.18. The van der Waals surface area contributed by atoms with E-state index in [1.54, 1.807) is 24.4 Å². The van der Waals surface area contributed by atoms with Crippen molar-refractivity contribution in [1.82, 2.24) is 29.4 Å². The molecule has 0 aromatic carbocycles. The zero-order valence-corrected chi connectivity index (χ0v) is 17.5. The number of imidazole rings is 1. The van der Waals surface area contributed by atoms with E-state index in [0.717, 1.165) is 30.5 Å². The number of rotatable bonds is 7. The Kier molecular flexibility index (Phi) is 5.20. The zero-order valence-electron chi connectivity index (χ0n) is 17.5. The van der Waals surface area contributed by atoms with Crippen LogP contribution < -0.4 is 16.2 Å². The topological polar surface area (TPSA) is 113 Å². The Bertz CT molecular complexity index is 1350. The van der Waals surface area contributed by atoms with Crippen LogP contribution in [-0.2, 0) is 13.1 Å². The van der Waals surface area contributed by atoms with Gasteiger partial charge in [-0.25, -0.2) is 9.97 Å². The number of aliphatic hydroxyl groups is 1. The number of fused-ring (bicyclic) bond motifs is 2. The number of carbonyl (C=O) groups is 1. The molecule has 4 aromatic heterocycles. The van der Waals surface area contributed by atoms with E-state index in [2.05, 4.69) is 20.6 Å². The summed E-state index contributed by atoms with van der Waals surface area (Å²) >= 11 is 0. The molecule has 1 fully saturated rings. The third-order valence-corrected chi connectivity index (χ3v) is 5.86. The maximum atomic E-state index is 12.5. The number of hydrogen-bond acceptors (Lipinski definition) is 6. The van der Waals surface area contributed by atoms with Crippen molar-refractivity contribution in [2.75, 3.05) is 6.54 Å². The van der Waals surface area contributed by atoms with E-state index >= 15 is 0 Å². The van der Waals surface area contributed by atoms with Crippen LogP contribution in [0.25, 0.3) is 11.3 Å². The molecule has 0 bridgehead atoms. The van der Waals surface area contributed by atoms with Gasteiger partial charge in [0, 0.05) is 37.7 Å². The lowest BCUT2D eigenvalue weighted by atomic mass is 9.80. The molecule has 1 aliphatic carbocycles. The molecule has 164 valence electrons. The van der Waals surface area contributed by atoms with Gasteiger partial charge in [0.2, 0.25) is 0 Å². The Morgan fingerprint density at radius 2 is 1.97 bits per heavy atom. The number of amides is 1. The molecule has 4 aromatic rings. The molecule has 0 atom stereocenters. The van der Waals surface area contributed by atoms with Crippen LogP contribution in [0.1, 0.15) is 41.0 Å². The Labute approximate surface area is 183 Å². The second-order valence-corrected chi connectivity index (χ2v) is 8.31. The lowest BCUT2D eigenvalue weighted by molar-refractivity contribution is -0.0314. The summed E-state index contributed by atoms with van der Waals surface area (Å²) < 4.78 is 3.30. The predicted octanol–water partition coefficient (Wildman–Crippen LogP) is 1.28. The maximum Gasteiger partial charge on any atom is 0.270 e. The van der Waals surface area contributed by atoms with E-state index in [4.69, 9.17) is 0 Å². The molecule has 0 saturated heterocycles. The molecule has 4 heterocycles. The minimum absolute atomic E-state index is 0.0754. The molecule has 9 heteroatoms. The second-order valence-electron chi connectivity index (χ2n) is 8.31. The molecular formula is C23H24N6O3. The van der Waals surface area contributed by atoms with E-state index in [1.807, 2.05) is 28.9 Å². The molecule has 0 spiro atoms. The van der Waals surface area contributed by atoms with Crippen LogP contribution >= 0.6 is 0 Å². The maximum absolute atomic E-state index is 12.5. The van der Waals surface area contributed by atoms with Gasteiger partial charge in [-0.05, 0) is 43.0 Å². The third-order valence-electron chi connectivity index (χ3n) is 5.86. The van der Waals surface area contributed by atoms with Crippen LogP contribution in [0.2, 0.25) is 0 Å². The molecule has 3 N–H and O–H groups in total. The molecule has 1 amide bonds. The van der Waals surface area contributed by atoms with E-state index in [9.17, 15) is 14.7 Å². The lowest BCUT2D eigenvalue weighted by Gasteiger charge is -2.36. The average molecular weight is 432 g/mol. The highest BCUT2D eigenvalue weighted by Crippen LogP contribution is 2.30. The first-order chi connectivity index (χ1) is 15.5. The molecule has 0 radical (unpaired) electrons. The summed E-state index contributed by atoms with van der Waals surface area (Å²) in [5.74, 6) is -0.427. The SMILES string of the molecule is O=C(NCc1cn2cc(CNCC3(O)CCC3)ccc2n1)c1cc(=O)n2ccccc2n1. The zero-order chi connectivity index (χ0) is 22.1. The fourth-order valence-corrected chi connectivity index (χ4v) is 3.91. The van der Waals surface area contributed by atoms with Gasteiger partial charge >= 0.3 is 0 Å². The Morgan fingerprint density at radius 3 is 2.78 bits per heavy atom. The van der Waals surface area contributed by atoms with E-state index in [-0.39, 0.29) is 17.8 Å². The first-order valence-corrected chi connectivity index (χ1v) is 10.7. The molecule has 5 rings (SSSR count). The van der Waals surface area contributed by atoms with Gasteiger partial charge in [0.1, 0.15) is 17.0 Å². The van der Waals surface area contributed by atoms with Crippen molar-refractivity contribution in [3.8, 4) is 0 Å². The summed E-state index contributed by atoms with van der Waals surface area (Å²) in [5.41, 5.74) is 2.20. The molecule has 32 heavy (non-hydrogen) atoms. The summed E-state index contributed by atoms with van der Waals surface area (Å²) in [6.07, 6.45) is 8.27. The molecule has 1 aliphatic rings. The minimum atomic E-state index is -0.546. The number of nitrogens with one attached hydrogen (secondary N) is 2. The standard InChI is InChI=1S/C23H24N6O3/c30-21-10-18(27-20-4-1-2-9-29(20)21)22(31)25-12-17-14-28-13-16(5-6-19(28)26-17)11-24-15-23(32)7-3-8-23/h1-2,4-6,9-10,13-14,24,32H,3,7-8,11-12,15H2,(H,25,31). The van der Waals surface area contributed by atoms with Gasteiger partial charge in [-0.2, -0.15) is 0 Å². The van der Waals surface area contributed by atoms with Gasteiger partial charge < -0.3 is 20.1 Å². The van der Waals surface area contributed by atoms with Gasteiger partial charge in [0.15, 0.2) is 0 Å². The summed E-state index contributed by atoms with van der Waals surface area (Å²) in [5, 5.41) is 16.3. The van der Waals surface area contributed by atoms with Crippen molar-refractivity contribution in [3.63, 3.8) is 0 Å². The van der Waals surface area contributed by atoms with Crippen molar-refractivity contribution in [2.45, 2.75) is 38.0 Å². The van der Waals surface area contributed by atoms with Crippen LogP contribution in [0.15, 0.2) is 59.8 Å². The van der Waals surface area contributed by atoms with E-state index in [0.29, 0.717) is 24.4 Å². The molecule has 1 saturated carbocycles. The van der Waals surface area contributed by atoms with Crippen molar-refractivity contribution in [3.05, 3.63) is 82.3 Å². The van der Waals surface area contributed by atoms with Gasteiger partial charge in [-0.1, -0.05) is 12.1 Å². The fourth-order valence-electron chi connectivity index (χ4n) is 3.91. The smallest absolute Gasteiger partial charge is 0.270 e. The van der Waals surface area contributed by atoms with Crippen molar-refractivity contribution < 1.29 is 9.90 Å². The van der Waals surface area contributed by atoms with Gasteiger partial charge in [-0.15, -0.1) is 0 Å². The molecule has 0 unspecified atom stereocenters. The van der Waals surface area contributed by atoms with E-state index < -0.39 is 11.5 Å². The van der Waals surface area contributed by atoms with Crippen molar-refractivity contribution in [1.29, 1.82) is 0 Å². The molecule has 0 aliphatic heterocycles. The number of carbonyl (C=O) groups excluding carboxylic acids is 1. The largest absolute Gasteiger partial charge is 0.389 e. The summed E-state index contributed by atoms with van der Waals surface area (Å²) in [6, 6.07) is 10.3. The Hall–Kier alpha value is -3.56. The highest BCUT2D eigenvalue weighted by atomic mass is 16.3. The van der Waals surface area contributed by atoms with Crippen molar-refractivity contribution in [2.24, 2.45) is 0 Å². The monoisotopic (exact) mass is 432 g/mol. The summed E-state index contributed by atoms with van der Waals surface area (Å²) in [7, 11) is 0. The van der Waals surface area contributed by atoms with E-state index in [1.165, 1.54) is 10.5 Å². The highest BCUT2D eigenvalue weighted by molar-refractivity contribution is 5.92. The van der Waals surface area contributed by atoms with Crippen LogP contribution in [-0.4, -0.2) is 41.9 Å². The van der Waals surface area contributed by atoms with Gasteiger partial charge in [0.05, 0.1) is 17.8 Å². The fraction of sp³-hybridized carbons (Fsp3) is 0.304.